The molecule has 124 valence electrons. The van der Waals surface area contributed by atoms with Crippen LogP contribution in [0.3, 0.4) is 0 Å². The maximum absolute atomic E-state index is 10.2. The van der Waals surface area contributed by atoms with Gasteiger partial charge in [0.15, 0.2) is 5.96 Å². The molecular weight excluding hydrogens is 298 g/mol. The highest BCUT2D eigenvalue weighted by Crippen LogP contribution is 1.97. The van der Waals surface area contributed by atoms with Gasteiger partial charge in [0.25, 0.3) is 0 Å². The Bertz CT molecular complexity index is 330. The number of rotatable bonds is 9. The van der Waals surface area contributed by atoms with Gasteiger partial charge in [0.05, 0.1) is 0 Å². The van der Waals surface area contributed by atoms with E-state index in [-0.39, 0.29) is 5.96 Å². The van der Waals surface area contributed by atoms with Gasteiger partial charge in [-0.25, -0.2) is 0 Å². The number of aliphatic carboxylic acids is 2. The molecule has 0 amide bonds. The molecule has 0 aromatic carbocycles. The predicted octanol–water partition coefficient (Wildman–Crippen LogP) is -1.19. The lowest BCUT2D eigenvalue weighted by atomic mass is 10.2. The fourth-order valence-electron chi connectivity index (χ4n) is 1.04. The molecule has 0 bridgehead atoms. The normalized spacial score (nSPS) is 12.5. The average Bonchev–Trinajstić information content (AvgIpc) is 2.40. The van der Waals surface area contributed by atoms with Gasteiger partial charge in [0.1, 0.15) is 12.1 Å². The summed E-state index contributed by atoms with van der Waals surface area (Å²) in [5.74, 6) is -1.21. The molecule has 21 heavy (non-hydrogen) atoms. The van der Waals surface area contributed by atoms with Gasteiger partial charge in [0.2, 0.25) is 0 Å². The fourth-order valence-corrected chi connectivity index (χ4v) is 1.53. The summed E-state index contributed by atoms with van der Waals surface area (Å²) in [6.45, 7) is 0.482. The summed E-state index contributed by atoms with van der Waals surface area (Å²) >= 11 is 1.60. The Morgan fingerprint density at radius 2 is 1.67 bits per heavy atom. The Labute approximate surface area is 128 Å². The molecule has 0 saturated heterocycles. The topological polar surface area (TPSA) is 189 Å². The summed E-state index contributed by atoms with van der Waals surface area (Å²) in [5.41, 5.74) is 15.4. The average molecular weight is 323 g/mol. The minimum atomic E-state index is -1.00. The van der Waals surface area contributed by atoms with Crippen molar-refractivity contribution in [3.8, 4) is 0 Å². The van der Waals surface area contributed by atoms with Crippen LogP contribution in [0.15, 0.2) is 0 Å². The molecular formula is C11H25N5O4S. The van der Waals surface area contributed by atoms with E-state index in [1.54, 1.807) is 11.8 Å². The molecule has 0 aromatic heterocycles. The number of nitrogens with two attached hydrogens (primary N) is 3. The zero-order valence-electron chi connectivity index (χ0n) is 12.0. The summed E-state index contributed by atoms with van der Waals surface area (Å²) in [4.78, 5) is 20.3. The Morgan fingerprint density at radius 1 is 1.19 bits per heavy atom. The highest BCUT2D eigenvalue weighted by Gasteiger charge is 2.10. The third-order valence-electron chi connectivity index (χ3n) is 2.27. The molecule has 0 aromatic rings. The molecule has 0 aliphatic heterocycles. The third-order valence-corrected chi connectivity index (χ3v) is 2.92. The lowest BCUT2D eigenvalue weighted by molar-refractivity contribution is -0.139. The second-order valence-electron chi connectivity index (χ2n) is 4.15. The van der Waals surface area contributed by atoms with Crippen LogP contribution in [0, 0.1) is 5.41 Å². The van der Waals surface area contributed by atoms with E-state index < -0.39 is 24.0 Å². The van der Waals surface area contributed by atoms with Crippen molar-refractivity contribution in [3.05, 3.63) is 0 Å². The first-order valence-electron chi connectivity index (χ1n) is 6.26. The maximum atomic E-state index is 10.2. The molecule has 0 spiro atoms. The van der Waals surface area contributed by atoms with Crippen molar-refractivity contribution in [2.45, 2.75) is 31.3 Å². The fraction of sp³-hybridized carbons (Fsp3) is 0.727. The second kappa shape index (κ2) is 13.5. The van der Waals surface area contributed by atoms with Crippen molar-refractivity contribution in [1.82, 2.24) is 5.32 Å². The van der Waals surface area contributed by atoms with Crippen LogP contribution in [-0.4, -0.2) is 58.7 Å². The molecule has 0 saturated carbocycles. The number of hydrogen-bond donors (Lipinski definition) is 7. The first-order valence-corrected chi connectivity index (χ1v) is 7.65. The largest absolute Gasteiger partial charge is 0.480 e. The Kier molecular flexibility index (Phi) is 14.0. The lowest BCUT2D eigenvalue weighted by Gasteiger charge is -2.06. The molecule has 10 N–H and O–H groups in total. The van der Waals surface area contributed by atoms with Gasteiger partial charge in [-0.2, -0.15) is 11.8 Å². The molecule has 10 heteroatoms. The van der Waals surface area contributed by atoms with E-state index in [1.165, 1.54) is 0 Å². The lowest BCUT2D eigenvalue weighted by Crippen LogP contribution is -2.34. The maximum Gasteiger partial charge on any atom is 0.320 e. The summed E-state index contributed by atoms with van der Waals surface area (Å²) in [6.07, 6.45) is 3.45. The monoisotopic (exact) mass is 323 g/mol. The first kappa shape index (κ1) is 21.8. The molecule has 0 aliphatic rings. The SMILES string of the molecule is CSCCC(N)C(=O)O.N=C(N)NCCCC(N)C(=O)O. The van der Waals surface area contributed by atoms with Gasteiger partial charge in [-0.05, 0) is 31.3 Å². The van der Waals surface area contributed by atoms with Crippen molar-refractivity contribution in [2.75, 3.05) is 18.6 Å². The number of carboxylic acids is 2. The first-order chi connectivity index (χ1) is 9.72. The van der Waals surface area contributed by atoms with Gasteiger partial charge in [-0.15, -0.1) is 0 Å². The van der Waals surface area contributed by atoms with Gasteiger partial charge >= 0.3 is 11.9 Å². The van der Waals surface area contributed by atoms with Crippen LogP contribution in [0.1, 0.15) is 19.3 Å². The van der Waals surface area contributed by atoms with Gasteiger partial charge in [-0.3, -0.25) is 15.0 Å². The van der Waals surface area contributed by atoms with Crippen LogP contribution in [0.5, 0.6) is 0 Å². The highest BCUT2D eigenvalue weighted by molar-refractivity contribution is 7.98. The van der Waals surface area contributed by atoms with E-state index in [4.69, 9.17) is 32.8 Å². The van der Waals surface area contributed by atoms with Crippen LogP contribution >= 0.6 is 11.8 Å². The number of guanidine groups is 1. The third kappa shape index (κ3) is 16.4. The van der Waals surface area contributed by atoms with Crippen LogP contribution in [0.2, 0.25) is 0 Å². The minimum absolute atomic E-state index is 0.112. The molecule has 9 nitrogen and oxygen atoms in total. The van der Waals surface area contributed by atoms with E-state index in [9.17, 15) is 9.59 Å². The summed E-state index contributed by atoms with van der Waals surface area (Å²) in [6, 6.07) is -1.50. The van der Waals surface area contributed by atoms with Crippen LogP contribution in [-0.2, 0) is 9.59 Å². The predicted molar refractivity (Wildman–Crippen MR) is 83.4 cm³/mol. The molecule has 0 rings (SSSR count). The number of carboxylic acid groups (broad SMARTS) is 2. The molecule has 0 heterocycles. The van der Waals surface area contributed by atoms with Crippen LogP contribution in [0.25, 0.3) is 0 Å². The molecule has 0 aliphatic carbocycles. The smallest absolute Gasteiger partial charge is 0.320 e. The Hall–Kier alpha value is -1.52. The van der Waals surface area contributed by atoms with Gasteiger partial charge in [-0.1, -0.05) is 0 Å². The number of carbonyl (C=O) groups is 2. The zero-order valence-corrected chi connectivity index (χ0v) is 12.9. The standard InChI is InChI=1S/C6H14N4O2.C5H11NO2S/c7-4(5(11)12)2-1-3-10-6(8)9;1-9-3-2-4(6)5(7)8/h4H,1-3,7H2,(H,11,12)(H4,8,9,10);4H,2-3,6H2,1H3,(H,7,8). The van der Waals surface area contributed by atoms with Crippen molar-refractivity contribution in [2.24, 2.45) is 17.2 Å². The van der Waals surface area contributed by atoms with E-state index >= 15 is 0 Å². The van der Waals surface area contributed by atoms with Crippen molar-refractivity contribution in [3.63, 3.8) is 0 Å². The molecule has 0 fully saturated rings. The van der Waals surface area contributed by atoms with E-state index in [0.717, 1.165) is 5.75 Å². The summed E-state index contributed by atoms with van der Waals surface area (Å²) in [7, 11) is 0. The van der Waals surface area contributed by atoms with E-state index in [1.807, 2.05) is 6.26 Å². The Morgan fingerprint density at radius 3 is 2.05 bits per heavy atom. The molecule has 2 unspecified atom stereocenters. The van der Waals surface area contributed by atoms with Crippen molar-refractivity contribution < 1.29 is 19.8 Å². The van der Waals surface area contributed by atoms with Crippen molar-refractivity contribution in [1.29, 1.82) is 5.41 Å². The Balaban J connectivity index is 0. The van der Waals surface area contributed by atoms with Crippen molar-refractivity contribution >= 4 is 29.7 Å². The van der Waals surface area contributed by atoms with E-state index in [0.29, 0.717) is 25.8 Å². The van der Waals surface area contributed by atoms with E-state index in [2.05, 4.69) is 5.32 Å². The number of thioether (sulfide) groups is 1. The quantitative estimate of drug-likeness (QED) is 0.155. The molecule has 2 atom stereocenters. The zero-order chi connectivity index (χ0) is 16.8. The highest BCUT2D eigenvalue weighted by atomic mass is 32.2. The van der Waals surface area contributed by atoms with Gasteiger partial charge < -0.3 is 32.7 Å². The number of hydrogen-bond acceptors (Lipinski definition) is 6. The second-order valence-corrected chi connectivity index (χ2v) is 5.14. The summed E-state index contributed by atoms with van der Waals surface area (Å²) in [5, 5.41) is 26.0. The molecule has 0 radical (unpaired) electrons. The summed E-state index contributed by atoms with van der Waals surface area (Å²) < 4.78 is 0. The van der Waals surface area contributed by atoms with Crippen LogP contribution < -0.4 is 22.5 Å². The minimum Gasteiger partial charge on any atom is -0.480 e. The number of nitrogens with one attached hydrogen (secondary N) is 2. The van der Waals surface area contributed by atoms with Crippen LogP contribution in [0.4, 0.5) is 0 Å². The van der Waals surface area contributed by atoms with Gasteiger partial charge in [0, 0.05) is 6.54 Å².